The van der Waals surface area contributed by atoms with Crippen molar-refractivity contribution in [2.24, 2.45) is 0 Å². The highest BCUT2D eigenvalue weighted by Gasteiger charge is 2.22. The Morgan fingerprint density at radius 2 is 1.93 bits per heavy atom. The molecule has 7 nitrogen and oxygen atoms in total. The molecule has 0 saturated carbocycles. The minimum Gasteiger partial charge on any atom is -0.495 e. The molecular weight excluding hydrogens is 390 g/mol. The van der Waals surface area contributed by atoms with Gasteiger partial charge >= 0.3 is 0 Å². The summed E-state index contributed by atoms with van der Waals surface area (Å²) in [5.41, 5.74) is 1.58. The van der Waals surface area contributed by atoms with E-state index in [4.69, 9.17) is 21.6 Å². The van der Waals surface area contributed by atoms with Gasteiger partial charge in [0.1, 0.15) is 12.3 Å². The molecule has 0 bridgehead atoms. The largest absolute Gasteiger partial charge is 0.495 e. The average molecular weight is 408 g/mol. The zero-order chi connectivity index (χ0) is 20.0. The molecule has 0 aromatic heterocycles. The van der Waals surface area contributed by atoms with Crippen molar-refractivity contribution < 1.29 is 17.9 Å². The van der Waals surface area contributed by atoms with Crippen molar-refractivity contribution in [3.8, 4) is 11.8 Å². The number of nitriles is 1. The number of benzene rings is 2. The molecule has 142 valence electrons. The smallest absolute Gasteiger partial charge is 0.245 e. The van der Waals surface area contributed by atoms with E-state index in [1.807, 2.05) is 6.07 Å². The molecule has 2 aromatic carbocycles. The van der Waals surface area contributed by atoms with Gasteiger partial charge in [-0.1, -0.05) is 23.7 Å². The maximum atomic E-state index is 12.3. The van der Waals surface area contributed by atoms with E-state index < -0.39 is 22.5 Å². The molecule has 1 amide bonds. The van der Waals surface area contributed by atoms with Gasteiger partial charge in [-0.2, -0.15) is 5.26 Å². The van der Waals surface area contributed by atoms with Gasteiger partial charge in [0.05, 0.1) is 36.6 Å². The minimum absolute atomic E-state index is 0.233. The molecule has 0 heterocycles. The first kappa shape index (κ1) is 20.6. The molecule has 0 unspecified atom stereocenters. The fraction of sp³-hybridized carbons (Fsp3) is 0.222. The lowest BCUT2D eigenvalue weighted by Gasteiger charge is -2.22. The summed E-state index contributed by atoms with van der Waals surface area (Å²) in [6, 6.07) is 13.2. The van der Waals surface area contributed by atoms with E-state index in [0.29, 0.717) is 11.4 Å². The summed E-state index contributed by atoms with van der Waals surface area (Å²) in [5.74, 6) is -0.115. The van der Waals surface area contributed by atoms with Crippen molar-refractivity contribution in [1.82, 2.24) is 0 Å². The van der Waals surface area contributed by atoms with E-state index in [0.717, 1.165) is 16.1 Å². The number of nitrogens with zero attached hydrogens (tertiary/aromatic N) is 2. The summed E-state index contributed by atoms with van der Waals surface area (Å²) in [5, 5.41) is 11.5. The Morgan fingerprint density at radius 3 is 2.44 bits per heavy atom. The van der Waals surface area contributed by atoms with E-state index in [2.05, 4.69) is 5.32 Å². The number of amides is 1. The normalized spacial score (nSPS) is 10.7. The second kappa shape index (κ2) is 8.75. The van der Waals surface area contributed by atoms with E-state index in [1.54, 1.807) is 24.3 Å². The number of rotatable bonds is 7. The predicted octanol–water partition coefficient (Wildman–Crippen LogP) is 2.82. The Hall–Kier alpha value is -2.76. The number of halogens is 1. The van der Waals surface area contributed by atoms with Crippen molar-refractivity contribution in [2.45, 2.75) is 6.42 Å². The number of hydrogen-bond acceptors (Lipinski definition) is 5. The Balaban J connectivity index is 2.17. The summed E-state index contributed by atoms with van der Waals surface area (Å²) in [6.45, 7) is -0.415. The maximum Gasteiger partial charge on any atom is 0.245 e. The number of carbonyl (C=O) groups is 1. The highest BCUT2D eigenvalue weighted by atomic mass is 35.5. The molecule has 0 spiro atoms. The molecule has 0 saturated heterocycles. The molecule has 2 rings (SSSR count). The van der Waals surface area contributed by atoms with Gasteiger partial charge in [0.15, 0.2) is 0 Å². The van der Waals surface area contributed by atoms with Crippen LogP contribution in [0, 0.1) is 11.3 Å². The van der Waals surface area contributed by atoms with Crippen LogP contribution in [-0.2, 0) is 21.2 Å². The number of ether oxygens (including phenoxy) is 1. The lowest BCUT2D eigenvalue weighted by atomic mass is 10.1. The van der Waals surface area contributed by atoms with Gasteiger partial charge in [0, 0.05) is 5.69 Å². The summed E-state index contributed by atoms with van der Waals surface area (Å²) in [6.07, 6.45) is 1.28. The van der Waals surface area contributed by atoms with Crippen molar-refractivity contribution in [3.05, 3.63) is 53.1 Å². The Kier molecular flexibility index (Phi) is 6.66. The quantitative estimate of drug-likeness (QED) is 0.760. The van der Waals surface area contributed by atoms with Gasteiger partial charge in [0.2, 0.25) is 15.9 Å². The van der Waals surface area contributed by atoms with Gasteiger partial charge in [-0.15, -0.1) is 0 Å². The number of nitrogens with one attached hydrogen (secondary N) is 1. The van der Waals surface area contributed by atoms with E-state index in [1.165, 1.54) is 25.3 Å². The molecule has 0 aliphatic rings. The van der Waals surface area contributed by atoms with Crippen molar-refractivity contribution in [1.29, 1.82) is 5.26 Å². The lowest BCUT2D eigenvalue weighted by molar-refractivity contribution is -0.114. The van der Waals surface area contributed by atoms with Crippen LogP contribution in [0.15, 0.2) is 42.5 Å². The van der Waals surface area contributed by atoms with Crippen LogP contribution in [-0.4, -0.2) is 34.2 Å². The minimum atomic E-state index is -3.72. The van der Waals surface area contributed by atoms with Crippen LogP contribution >= 0.6 is 11.6 Å². The topological polar surface area (TPSA) is 99.5 Å². The van der Waals surface area contributed by atoms with Crippen molar-refractivity contribution >= 4 is 38.9 Å². The predicted molar refractivity (Wildman–Crippen MR) is 105 cm³/mol. The highest BCUT2D eigenvalue weighted by molar-refractivity contribution is 7.92. The Morgan fingerprint density at radius 1 is 1.26 bits per heavy atom. The third-order valence-electron chi connectivity index (χ3n) is 3.63. The van der Waals surface area contributed by atoms with E-state index in [-0.39, 0.29) is 17.1 Å². The maximum absolute atomic E-state index is 12.3. The molecule has 0 aliphatic heterocycles. The van der Waals surface area contributed by atoms with E-state index in [9.17, 15) is 13.2 Å². The molecule has 2 aromatic rings. The van der Waals surface area contributed by atoms with E-state index >= 15 is 0 Å². The fourth-order valence-corrected chi connectivity index (χ4v) is 3.44. The molecular formula is C18H18ClN3O4S. The molecule has 0 atom stereocenters. The van der Waals surface area contributed by atoms with Crippen molar-refractivity contribution in [3.63, 3.8) is 0 Å². The second-order valence-electron chi connectivity index (χ2n) is 5.67. The molecule has 0 aliphatic carbocycles. The number of sulfonamides is 1. The monoisotopic (exact) mass is 407 g/mol. The molecule has 0 fully saturated rings. The van der Waals surface area contributed by atoms with Gasteiger partial charge < -0.3 is 10.1 Å². The highest BCUT2D eigenvalue weighted by Crippen LogP contribution is 2.30. The second-order valence-corrected chi connectivity index (χ2v) is 7.98. The van der Waals surface area contributed by atoms with Crippen LogP contribution in [0.1, 0.15) is 5.56 Å². The SMILES string of the molecule is COc1ccc(N(CC(=O)Nc2ccc(CC#N)cc2)S(C)(=O)=O)cc1Cl. The summed E-state index contributed by atoms with van der Waals surface area (Å²) in [4.78, 5) is 12.3. The average Bonchev–Trinajstić information content (AvgIpc) is 2.60. The number of anilines is 2. The molecule has 9 heteroatoms. The zero-order valence-electron chi connectivity index (χ0n) is 14.8. The first-order valence-corrected chi connectivity index (χ1v) is 10.0. The first-order chi connectivity index (χ1) is 12.7. The third kappa shape index (κ3) is 5.61. The van der Waals surface area contributed by atoms with Gasteiger partial charge in [-0.3, -0.25) is 9.10 Å². The van der Waals surface area contributed by atoms with Gasteiger partial charge in [0.25, 0.3) is 0 Å². The summed E-state index contributed by atoms with van der Waals surface area (Å²) < 4.78 is 30.3. The first-order valence-electron chi connectivity index (χ1n) is 7.81. The molecule has 1 N–H and O–H groups in total. The number of carbonyl (C=O) groups excluding carboxylic acids is 1. The van der Waals surface area contributed by atoms with Crippen LogP contribution in [0.3, 0.4) is 0 Å². The van der Waals surface area contributed by atoms with Crippen LogP contribution in [0.4, 0.5) is 11.4 Å². The van der Waals surface area contributed by atoms with Gasteiger partial charge in [-0.25, -0.2) is 8.42 Å². The lowest BCUT2D eigenvalue weighted by Crippen LogP contribution is -2.37. The van der Waals surface area contributed by atoms with Crippen LogP contribution < -0.4 is 14.4 Å². The van der Waals surface area contributed by atoms with Crippen molar-refractivity contribution in [2.75, 3.05) is 29.5 Å². The van der Waals surface area contributed by atoms with Crippen LogP contribution in [0.5, 0.6) is 5.75 Å². The van der Waals surface area contributed by atoms with Gasteiger partial charge in [-0.05, 0) is 35.9 Å². The Bertz CT molecular complexity index is 969. The number of hydrogen-bond donors (Lipinski definition) is 1. The summed E-state index contributed by atoms with van der Waals surface area (Å²) in [7, 11) is -2.27. The Labute approximate surface area is 163 Å². The van der Waals surface area contributed by atoms with Crippen LogP contribution in [0.25, 0.3) is 0 Å². The third-order valence-corrected chi connectivity index (χ3v) is 5.07. The number of methoxy groups -OCH3 is 1. The molecule has 0 radical (unpaired) electrons. The zero-order valence-corrected chi connectivity index (χ0v) is 16.3. The standard InChI is InChI=1S/C18H18ClN3O4S/c1-26-17-8-7-15(11-16(17)19)22(27(2,24)25)12-18(23)21-14-5-3-13(4-6-14)9-10-20/h3-8,11H,9,12H2,1-2H3,(H,21,23). The summed E-state index contributed by atoms with van der Waals surface area (Å²) >= 11 is 6.06. The molecule has 27 heavy (non-hydrogen) atoms. The van der Waals surface area contributed by atoms with Crippen LogP contribution in [0.2, 0.25) is 5.02 Å². The fourth-order valence-electron chi connectivity index (χ4n) is 2.34.